The molecule has 0 fully saturated rings. The standard InChI is InChI=1S/C19H21N3O3/c1-12-6-5-7-13(2)17(12)20-18(23)19(24)22-21-14(3)15-8-10-16(25-4)11-9-15/h5-11H,1-4H3,(H,20,23)(H,22,24)/b21-14+. The minimum atomic E-state index is -0.824. The van der Waals surface area contributed by atoms with E-state index in [0.717, 1.165) is 22.4 Å². The summed E-state index contributed by atoms with van der Waals surface area (Å²) < 4.78 is 5.09. The fourth-order valence-corrected chi connectivity index (χ4v) is 2.26. The molecule has 0 unspecified atom stereocenters. The van der Waals surface area contributed by atoms with Crippen molar-refractivity contribution in [1.82, 2.24) is 5.43 Å². The van der Waals surface area contributed by atoms with Crippen LogP contribution < -0.4 is 15.5 Å². The molecule has 0 heterocycles. The van der Waals surface area contributed by atoms with Crippen molar-refractivity contribution in [2.24, 2.45) is 5.10 Å². The quantitative estimate of drug-likeness (QED) is 0.511. The molecule has 0 bridgehead atoms. The second-order valence-electron chi connectivity index (χ2n) is 5.59. The van der Waals surface area contributed by atoms with E-state index in [1.807, 2.05) is 44.2 Å². The summed E-state index contributed by atoms with van der Waals surface area (Å²) in [5.41, 5.74) is 6.08. The minimum absolute atomic E-state index is 0.580. The normalized spacial score (nSPS) is 11.0. The highest BCUT2D eigenvalue weighted by atomic mass is 16.5. The molecule has 0 saturated heterocycles. The first-order valence-electron chi connectivity index (χ1n) is 7.78. The number of rotatable bonds is 4. The molecule has 6 nitrogen and oxygen atoms in total. The summed E-state index contributed by atoms with van der Waals surface area (Å²) >= 11 is 0. The van der Waals surface area contributed by atoms with Crippen molar-refractivity contribution < 1.29 is 14.3 Å². The Hall–Kier alpha value is -3.15. The fraction of sp³-hybridized carbons (Fsp3) is 0.211. The molecular formula is C19H21N3O3. The summed E-state index contributed by atoms with van der Waals surface area (Å²) in [5, 5.41) is 6.59. The second-order valence-corrected chi connectivity index (χ2v) is 5.59. The van der Waals surface area contributed by atoms with Gasteiger partial charge in [0.15, 0.2) is 0 Å². The van der Waals surface area contributed by atoms with Crippen molar-refractivity contribution >= 4 is 23.2 Å². The minimum Gasteiger partial charge on any atom is -0.497 e. The van der Waals surface area contributed by atoms with Crippen LogP contribution in [0.3, 0.4) is 0 Å². The zero-order valence-corrected chi connectivity index (χ0v) is 14.7. The third-order valence-corrected chi connectivity index (χ3v) is 3.76. The molecule has 2 aromatic rings. The number of aryl methyl sites for hydroxylation is 2. The number of hydrogen-bond donors (Lipinski definition) is 2. The van der Waals surface area contributed by atoms with Crippen molar-refractivity contribution in [3.8, 4) is 5.75 Å². The van der Waals surface area contributed by atoms with Gasteiger partial charge < -0.3 is 10.1 Å². The van der Waals surface area contributed by atoms with Crippen molar-refractivity contribution in [2.75, 3.05) is 12.4 Å². The van der Waals surface area contributed by atoms with E-state index in [0.29, 0.717) is 11.4 Å². The van der Waals surface area contributed by atoms with Crippen LogP contribution in [0.4, 0.5) is 5.69 Å². The predicted octanol–water partition coefficient (Wildman–Crippen LogP) is 2.79. The molecule has 2 amide bonds. The number of anilines is 1. The molecule has 25 heavy (non-hydrogen) atoms. The number of hydrazone groups is 1. The van der Waals surface area contributed by atoms with Crippen molar-refractivity contribution in [3.05, 3.63) is 59.2 Å². The highest BCUT2D eigenvalue weighted by Gasteiger charge is 2.15. The number of carbonyl (C=O) groups is 2. The van der Waals surface area contributed by atoms with Gasteiger partial charge in [-0.05, 0) is 61.7 Å². The van der Waals surface area contributed by atoms with E-state index in [-0.39, 0.29) is 0 Å². The zero-order valence-electron chi connectivity index (χ0n) is 14.7. The molecule has 0 radical (unpaired) electrons. The summed E-state index contributed by atoms with van der Waals surface area (Å²) in [6.45, 7) is 5.48. The SMILES string of the molecule is COc1ccc(/C(C)=N/NC(=O)C(=O)Nc2c(C)cccc2C)cc1. The van der Waals surface area contributed by atoms with Gasteiger partial charge in [-0.25, -0.2) is 5.43 Å². The number of benzene rings is 2. The highest BCUT2D eigenvalue weighted by Crippen LogP contribution is 2.19. The van der Waals surface area contributed by atoms with Gasteiger partial charge in [-0.3, -0.25) is 9.59 Å². The third-order valence-electron chi connectivity index (χ3n) is 3.76. The number of ether oxygens (including phenoxy) is 1. The molecule has 2 rings (SSSR count). The van der Waals surface area contributed by atoms with Crippen LogP contribution >= 0.6 is 0 Å². The third kappa shape index (κ3) is 4.67. The molecular weight excluding hydrogens is 318 g/mol. The molecule has 6 heteroatoms. The monoisotopic (exact) mass is 339 g/mol. The van der Waals surface area contributed by atoms with Crippen molar-refractivity contribution in [3.63, 3.8) is 0 Å². The number of hydrogen-bond acceptors (Lipinski definition) is 4. The fourth-order valence-electron chi connectivity index (χ4n) is 2.26. The van der Waals surface area contributed by atoms with Gasteiger partial charge in [0, 0.05) is 5.69 Å². The molecule has 0 atom stereocenters. The first-order chi connectivity index (χ1) is 11.9. The Balaban J connectivity index is 2.01. The highest BCUT2D eigenvalue weighted by molar-refractivity contribution is 6.39. The smallest absolute Gasteiger partial charge is 0.329 e. The maximum atomic E-state index is 12.0. The van der Waals surface area contributed by atoms with E-state index in [1.54, 1.807) is 26.2 Å². The molecule has 0 aliphatic carbocycles. The van der Waals surface area contributed by atoms with Gasteiger partial charge in [0.1, 0.15) is 5.75 Å². The van der Waals surface area contributed by atoms with Gasteiger partial charge in [-0.15, -0.1) is 0 Å². The number of carbonyl (C=O) groups excluding carboxylic acids is 2. The van der Waals surface area contributed by atoms with E-state index in [4.69, 9.17) is 4.74 Å². The van der Waals surface area contributed by atoms with Crippen molar-refractivity contribution in [1.29, 1.82) is 0 Å². The van der Waals surface area contributed by atoms with Gasteiger partial charge in [0.2, 0.25) is 0 Å². The van der Waals surface area contributed by atoms with Gasteiger partial charge in [0.25, 0.3) is 0 Å². The summed E-state index contributed by atoms with van der Waals surface area (Å²) in [5.74, 6) is -0.854. The summed E-state index contributed by atoms with van der Waals surface area (Å²) in [6, 6.07) is 12.9. The first kappa shape index (κ1) is 18.2. The van der Waals surface area contributed by atoms with Crippen LogP contribution in [0.25, 0.3) is 0 Å². The number of para-hydroxylation sites is 1. The summed E-state index contributed by atoms with van der Waals surface area (Å²) in [4.78, 5) is 24.0. The number of nitrogens with zero attached hydrogens (tertiary/aromatic N) is 1. The predicted molar refractivity (Wildman–Crippen MR) is 97.9 cm³/mol. The Bertz CT molecular complexity index is 791. The topological polar surface area (TPSA) is 79.8 Å². The van der Waals surface area contributed by atoms with E-state index in [2.05, 4.69) is 15.8 Å². The zero-order chi connectivity index (χ0) is 18.4. The first-order valence-corrected chi connectivity index (χ1v) is 7.78. The molecule has 0 spiro atoms. The largest absolute Gasteiger partial charge is 0.497 e. The average molecular weight is 339 g/mol. The van der Waals surface area contributed by atoms with E-state index >= 15 is 0 Å². The Morgan fingerprint density at radius 3 is 2.12 bits per heavy atom. The Morgan fingerprint density at radius 1 is 0.960 bits per heavy atom. The van der Waals surface area contributed by atoms with Crippen molar-refractivity contribution in [2.45, 2.75) is 20.8 Å². The molecule has 2 N–H and O–H groups in total. The lowest BCUT2D eigenvalue weighted by atomic mass is 10.1. The number of amides is 2. The summed E-state index contributed by atoms with van der Waals surface area (Å²) in [7, 11) is 1.59. The van der Waals surface area contributed by atoms with E-state index in [9.17, 15) is 9.59 Å². The molecule has 2 aromatic carbocycles. The lowest BCUT2D eigenvalue weighted by molar-refractivity contribution is -0.136. The van der Waals surface area contributed by atoms with Crippen LogP contribution in [-0.4, -0.2) is 24.6 Å². The molecule has 0 saturated carbocycles. The van der Waals surface area contributed by atoms with Crippen LogP contribution in [0.2, 0.25) is 0 Å². The number of nitrogens with one attached hydrogen (secondary N) is 2. The van der Waals surface area contributed by atoms with Crippen LogP contribution in [0.15, 0.2) is 47.6 Å². The van der Waals surface area contributed by atoms with Gasteiger partial charge in [0.05, 0.1) is 12.8 Å². The van der Waals surface area contributed by atoms with E-state index in [1.165, 1.54) is 0 Å². The maximum Gasteiger partial charge on any atom is 0.329 e. The number of methoxy groups -OCH3 is 1. The van der Waals surface area contributed by atoms with Gasteiger partial charge in [-0.1, -0.05) is 18.2 Å². The van der Waals surface area contributed by atoms with Crippen LogP contribution in [-0.2, 0) is 9.59 Å². The molecule has 130 valence electrons. The Labute approximate surface area is 146 Å². The van der Waals surface area contributed by atoms with Crippen LogP contribution in [0.5, 0.6) is 5.75 Å². The Morgan fingerprint density at radius 2 is 1.56 bits per heavy atom. The lowest BCUT2D eigenvalue weighted by Crippen LogP contribution is -2.33. The van der Waals surface area contributed by atoms with Crippen LogP contribution in [0, 0.1) is 13.8 Å². The molecule has 0 aliphatic rings. The lowest BCUT2D eigenvalue weighted by Gasteiger charge is -2.10. The van der Waals surface area contributed by atoms with E-state index < -0.39 is 11.8 Å². The second kappa shape index (κ2) is 8.10. The van der Waals surface area contributed by atoms with Crippen LogP contribution in [0.1, 0.15) is 23.6 Å². The average Bonchev–Trinajstić information content (AvgIpc) is 2.62. The maximum absolute atomic E-state index is 12.0. The Kier molecular flexibility index (Phi) is 5.89. The van der Waals surface area contributed by atoms with Gasteiger partial charge in [-0.2, -0.15) is 5.10 Å². The molecule has 0 aromatic heterocycles. The van der Waals surface area contributed by atoms with Gasteiger partial charge >= 0.3 is 11.8 Å². The summed E-state index contributed by atoms with van der Waals surface area (Å²) in [6.07, 6.45) is 0. The molecule has 0 aliphatic heterocycles.